The molecule has 0 aliphatic rings. The zero-order valence-electron chi connectivity index (χ0n) is 12.4. The summed E-state index contributed by atoms with van der Waals surface area (Å²) in [7, 11) is 0. The van der Waals surface area contributed by atoms with E-state index in [1.807, 2.05) is 58.0 Å². The van der Waals surface area contributed by atoms with Gasteiger partial charge in [0.25, 0.3) is 0 Å². The lowest BCUT2D eigenvalue weighted by molar-refractivity contribution is 0.592. The Balaban J connectivity index is 2.40. The minimum absolute atomic E-state index is 0.163. The fourth-order valence-corrected chi connectivity index (χ4v) is 2.27. The van der Waals surface area contributed by atoms with Crippen LogP contribution in [0.25, 0.3) is 0 Å². The maximum atomic E-state index is 14.4. The van der Waals surface area contributed by atoms with Crippen LogP contribution in [0.4, 0.5) is 4.39 Å². The molecule has 102 valence electrons. The summed E-state index contributed by atoms with van der Waals surface area (Å²) in [6.45, 7) is 7.98. The van der Waals surface area contributed by atoms with Crippen molar-refractivity contribution in [2.24, 2.45) is 0 Å². The van der Waals surface area contributed by atoms with E-state index in [2.05, 4.69) is 11.8 Å². The molecule has 2 aromatic carbocycles. The maximum Gasteiger partial charge on any atom is 0.142 e. The van der Waals surface area contributed by atoms with E-state index in [9.17, 15) is 4.39 Å². The summed E-state index contributed by atoms with van der Waals surface area (Å²) in [5.41, 5.74) is 4.32. The molecule has 0 saturated heterocycles. The first kappa shape index (κ1) is 14.3. The Hall–Kier alpha value is -2.07. The van der Waals surface area contributed by atoms with Crippen molar-refractivity contribution in [3.8, 4) is 11.8 Å². The van der Waals surface area contributed by atoms with Gasteiger partial charge in [-0.15, -0.1) is 0 Å². The van der Waals surface area contributed by atoms with E-state index in [1.54, 1.807) is 6.07 Å². The Kier molecular flexibility index (Phi) is 4.25. The summed E-state index contributed by atoms with van der Waals surface area (Å²) in [6, 6.07) is 11.6. The van der Waals surface area contributed by atoms with Crippen LogP contribution in [0.3, 0.4) is 0 Å². The third kappa shape index (κ3) is 3.08. The van der Waals surface area contributed by atoms with Crippen molar-refractivity contribution in [1.82, 2.24) is 0 Å². The van der Waals surface area contributed by atoms with Crippen molar-refractivity contribution in [2.75, 3.05) is 0 Å². The van der Waals surface area contributed by atoms with E-state index in [0.717, 1.165) is 16.7 Å². The molecule has 0 nitrogen and oxygen atoms in total. The van der Waals surface area contributed by atoms with Gasteiger partial charge in [0.2, 0.25) is 0 Å². The fourth-order valence-electron chi connectivity index (χ4n) is 2.27. The normalized spacial score (nSPS) is 10.3. The quantitative estimate of drug-likeness (QED) is 0.639. The molecule has 0 amide bonds. The number of hydrogen-bond acceptors (Lipinski definition) is 0. The summed E-state index contributed by atoms with van der Waals surface area (Å²) in [5.74, 6) is 5.95. The van der Waals surface area contributed by atoms with Crippen LogP contribution in [-0.2, 0) is 0 Å². The van der Waals surface area contributed by atoms with Gasteiger partial charge >= 0.3 is 0 Å². The predicted octanol–water partition coefficient (Wildman–Crippen LogP) is 4.97. The van der Waals surface area contributed by atoms with Crippen molar-refractivity contribution in [3.05, 3.63) is 70.0 Å². The smallest absolute Gasteiger partial charge is 0.142 e. The Morgan fingerprint density at radius 3 is 2.15 bits per heavy atom. The Morgan fingerprint density at radius 2 is 1.55 bits per heavy atom. The molecule has 0 aromatic heterocycles. The molecule has 0 aliphatic heterocycles. The molecule has 0 N–H and O–H groups in total. The summed E-state index contributed by atoms with van der Waals surface area (Å²) in [4.78, 5) is 0. The van der Waals surface area contributed by atoms with E-state index in [1.165, 1.54) is 5.56 Å². The molecule has 0 unspecified atom stereocenters. The highest BCUT2D eigenvalue weighted by molar-refractivity contribution is 5.47. The lowest BCUT2D eigenvalue weighted by Crippen LogP contribution is -1.99. The number of aryl methyl sites for hydroxylation is 2. The van der Waals surface area contributed by atoms with Gasteiger partial charge in [-0.25, -0.2) is 4.39 Å². The molecule has 0 heterocycles. The predicted molar refractivity (Wildman–Crippen MR) is 82.4 cm³/mol. The topological polar surface area (TPSA) is 0 Å². The molecule has 2 aromatic rings. The summed E-state index contributed by atoms with van der Waals surface area (Å²) in [5, 5.41) is 0. The van der Waals surface area contributed by atoms with E-state index >= 15 is 0 Å². The van der Waals surface area contributed by atoms with Crippen LogP contribution in [0.5, 0.6) is 0 Å². The summed E-state index contributed by atoms with van der Waals surface area (Å²) < 4.78 is 14.4. The Bertz CT molecular complexity index is 667. The monoisotopic (exact) mass is 266 g/mol. The molecular weight excluding hydrogens is 247 g/mol. The van der Waals surface area contributed by atoms with Gasteiger partial charge in [0.15, 0.2) is 0 Å². The second kappa shape index (κ2) is 5.92. The van der Waals surface area contributed by atoms with Crippen LogP contribution in [-0.4, -0.2) is 0 Å². The molecule has 0 fully saturated rings. The maximum absolute atomic E-state index is 14.4. The Morgan fingerprint density at radius 1 is 0.900 bits per heavy atom. The minimum Gasteiger partial charge on any atom is -0.205 e. The highest BCUT2D eigenvalue weighted by Gasteiger charge is 2.12. The second-order valence-electron chi connectivity index (χ2n) is 5.43. The lowest BCUT2D eigenvalue weighted by Gasteiger charge is -2.11. The fraction of sp³-hybridized carbons (Fsp3) is 0.263. The van der Waals surface area contributed by atoms with Gasteiger partial charge < -0.3 is 0 Å². The van der Waals surface area contributed by atoms with Gasteiger partial charge in [0.1, 0.15) is 5.82 Å². The van der Waals surface area contributed by atoms with Gasteiger partial charge in [0.05, 0.1) is 5.56 Å². The third-order valence-corrected chi connectivity index (χ3v) is 3.37. The highest BCUT2D eigenvalue weighted by atomic mass is 19.1. The SMILES string of the molecule is Cc1ccc(C#Cc2ccc(C)c(C(C)C)c2F)cc1. The zero-order valence-corrected chi connectivity index (χ0v) is 12.4. The van der Waals surface area contributed by atoms with Crippen LogP contribution in [0.15, 0.2) is 36.4 Å². The molecule has 0 bridgehead atoms. The van der Waals surface area contributed by atoms with Crippen molar-refractivity contribution in [2.45, 2.75) is 33.6 Å². The summed E-state index contributed by atoms with van der Waals surface area (Å²) >= 11 is 0. The molecule has 1 heteroatoms. The average molecular weight is 266 g/mol. The zero-order chi connectivity index (χ0) is 14.7. The molecule has 0 atom stereocenters. The lowest BCUT2D eigenvalue weighted by atomic mass is 9.95. The molecule has 0 aliphatic carbocycles. The second-order valence-corrected chi connectivity index (χ2v) is 5.43. The van der Waals surface area contributed by atoms with E-state index < -0.39 is 0 Å². The van der Waals surface area contributed by atoms with Crippen LogP contribution < -0.4 is 0 Å². The molecule has 0 spiro atoms. The summed E-state index contributed by atoms with van der Waals surface area (Å²) in [6.07, 6.45) is 0. The van der Waals surface area contributed by atoms with Crippen molar-refractivity contribution in [1.29, 1.82) is 0 Å². The van der Waals surface area contributed by atoms with Gasteiger partial charge in [-0.05, 0) is 49.1 Å². The van der Waals surface area contributed by atoms with E-state index in [0.29, 0.717) is 5.56 Å². The molecule has 2 rings (SSSR count). The Labute approximate surface area is 120 Å². The van der Waals surface area contributed by atoms with Crippen molar-refractivity contribution >= 4 is 0 Å². The van der Waals surface area contributed by atoms with Crippen LogP contribution in [0.2, 0.25) is 0 Å². The number of benzene rings is 2. The number of hydrogen-bond donors (Lipinski definition) is 0. The third-order valence-electron chi connectivity index (χ3n) is 3.37. The van der Waals surface area contributed by atoms with Crippen molar-refractivity contribution < 1.29 is 4.39 Å². The van der Waals surface area contributed by atoms with Crippen molar-refractivity contribution in [3.63, 3.8) is 0 Å². The van der Waals surface area contributed by atoms with Crippen LogP contribution >= 0.6 is 0 Å². The van der Waals surface area contributed by atoms with Crippen LogP contribution in [0.1, 0.15) is 47.6 Å². The van der Waals surface area contributed by atoms with Gasteiger partial charge in [-0.2, -0.15) is 0 Å². The first-order valence-electron chi connectivity index (χ1n) is 6.86. The largest absolute Gasteiger partial charge is 0.205 e. The van der Waals surface area contributed by atoms with E-state index in [-0.39, 0.29) is 11.7 Å². The van der Waals surface area contributed by atoms with Crippen LogP contribution in [0, 0.1) is 31.5 Å². The van der Waals surface area contributed by atoms with Gasteiger partial charge in [-0.1, -0.05) is 49.5 Å². The number of rotatable bonds is 1. The molecule has 0 radical (unpaired) electrons. The molecule has 20 heavy (non-hydrogen) atoms. The molecular formula is C19H19F. The van der Waals surface area contributed by atoms with E-state index in [4.69, 9.17) is 0 Å². The first-order chi connectivity index (χ1) is 9.49. The highest BCUT2D eigenvalue weighted by Crippen LogP contribution is 2.24. The molecule has 0 saturated carbocycles. The first-order valence-corrected chi connectivity index (χ1v) is 6.86. The van der Waals surface area contributed by atoms with Gasteiger partial charge in [-0.3, -0.25) is 0 Å². The number of halogens is 1. The standard InChI is InChI=1S/C19H19F/c1-13(2)18-15(4)7-11-17(19(18)20)12-10-16-8-5-14(3)6-9-16/h5-9,11,13H,1-4H3. The average Bonchev–Trinajstić information content (AvgIpc) is 2.39. The van der Waals surface area contributed by atoms with Gasteiger partial charge in [0, 0.05) is 5.56 Å². The minimum atomic E-state index is -0.181.